The largest absolute Gasteiger partial charge is 0.477 e. The van der Waals surface area contributed by atoms with Crippen molar-refractivity contribution in [3.05, 3.63) is 0 Å². The maximum Gasteiger partial charge on any atom is 0.364 e. The van der Waals surface area contributed by atoms with Gasteiger partial charge in [-0.05, 0) is 0 Å². The fourth-order valence-electron chi connectivity index (χ4n) is 19.0. The smallest absolute Gasteiger partial charge is 0.364 e. The van der Waals surface area contributed by atoms with Gasteiger partial charge in [-0.2, -0.15) is 0 Å². The number of aliphatic hydroxyl groups is 31. The number of ether oxygens (including phenoxy) is 22. The molecule has 11 aliphatic heterocycles. The molecular formula is C83H138N6O61. The molecule has 0 aromatic rings. The number of hydrogen-bond donors (Lipinski definition) is 38. The molecule has 0 radical (unpaired) electrons. The highest BCUT2D eigenvalue weighted by Gasteiger charge is 2.65. The van der Waals surface area contributed by atoms with Gasteiger partial charge in [0, 0.05) is 41.0 Å². The van der Waals surface area contributed by atoms with E-state index in [1.54, 1.807) is 0 Å². The monoisotopic (exact) mass is 2190 g/mol. The third-order valence-corrected chi connectivity index (χ3v) is 26.9. The lowest BCUT2D eigenvalue weighted by Gasteiger charge is -2.51. The van der Waals surface area contributed by atoms with Gasteiger partial charge in [0.25, 0.3) is 5.79 Å². The van der Waals surface area contributed by atoms with E-state index < -0.39 is 477 Å². The predicted molar refractivity (Wildman–Crippen MR) is 461 cm³/mol. The molecule has 6 amide bonds. The summed E-state index contributed by atoms with van der Waals surface area (Å²) in [6.45, 7) is -8.54. The van der Waals surface area contributed by atoms with Gasteiger partial charge < -0.3 is 300 Å². The topological polar surface area (TPSA) is 1040 Å². The highest BCUT2D eigenvalue weighted by molar-refractivity contribution is 5.77. The first-order valence-electron chi connectivity index (χ1n) is 47.5. The molecule has 11 rings (SSSR count). The van der Waals surface area contributed by atoms with Crippen molar-refractivity contribution in [2.75, 3.05) is 85.9 Å². The first kappa shape index (κ1) is 124. The Hall–Kier alpha value is -5.83. The molecule has 866 valence electrons. The summed E-state index contributed by atoms with van der Waals surface area (Å²) in [6, 6.07) is -10.3. The van der Waals surface area contributed by atoms with Crippen molar-refractivity contribution in [1.29, 1.82) is 0 Å². The quantitative estimate of drug-likeness (QED) is 0.0252. The van der Waals surface area contributed by atoms with Gasteiger partial charge >= 0.3 is 5.97 Å². The summed E-state index contributed by atoms with van der Waals surface area (Å²) < 4.78 is 128. The minimum Gasteiger partial charge on any atom is -0.477 e. The third kappa shape index (κ3) is 28.3. The normalized spacial score (nSPS) is 46.3. The van der Waals surface area contributed by atoms with Gasteiger partial charge in [-0.15, -0.1) is 0 Å². The van der Waals surface area contributed by atoms with Crippen LogP contribution in [0, 0.1) is 0 Å². The fourth-order valence-corrected chi connectivity index (χ4v) is 19.0. The van der Waals surface area contributed by atoms with Crippen molar-refractivity contribution in [2.45, 2.75) is 390 Å². The van der Waals surface area contributed by atoms with E-state index in [0.29, 0.717) is 0 Å². The molecule has 57 atom stereocenters. The second-order valence-electron chi connectivity index (χ2n) is 37.5. The van der Waals surface area contributed by atoms with Gasteiger partial charge in [-0.25, -0.2) is 4.79 Å². The van der Waals surface area contributed by atoms with E-state index in [0.717, 1.165) is 34.6 Å². The number of carboxylic acid groups (broad SMARTS) is 1. The van der Waals surface area contributed by atoms with Crippen LogP contribution in [0.3, 0.4) is 0 Å². The molecule has 0 aliphatic carbocycles. The first-order valence-corrected chi connectivity index (χ1v) is 47.5. The molecule has 0 saturated carbocycles. The lowest BCUT2D eigenvalue weighted by molar-refractivity contribution is -0.384. The fraction of sp³-hybridized carbons (Fsp3) is 0.916. The van der Waals surface area contributed by atoms with Crippen LogP contribution in [0.15, 0.2) is 0 Å². The Kier molecular flexibility index (Phi) is 45.7. The number of rotatable bonds is 45. The average Bonchev–Trinajstić information content (AvgIpc) is 0.758. The standard InChI is InChI=1S/C83H138N6O61/c1-21(100)85-39-27(105)6-83(82(127)128,149-69(39)44(107)28(106)8-91)150-71-49(112)30(10-93)134-81(63(71)126)146-66-33(13-96)137-74(42(52(66)115)88-24(4)103)132-18-37-46(109)55(118)59(122)78(141-37)144-64-31(11-94)135-72(40(50(64)113)86-22(2)101)130-17-36-45(108)54(117)58(121)77(140-36)143-65-32(12-95)136-73(41(51(65)114)87-23(3)102)131-19-38-47(110)56(119)60(123)79(142-38)145-67-34(14-97)138-75(43(53(67)116)89-25(5)104)148-70-48(111)29(9-92)133-80(62(70)125)147-68-35(15-98)139-76(61(124)57(68)120)129-16-26(7-90)84-20-99/h20,26-81,90-98,105-126H,6-19H2,1-5H3,(H,84,99)(H,85,100)(H,86,101)(H,87,102)(H,88,103)(H,89,104)(H,127,128)/t26-,27+,28-,29-,30-,31-,32-,33-,34-,35-,36-,37-,38-,39-,40-,41-,42-,43-,44-,45+,46+,47+,48+,49+,50-,51-,52-,53-,54+,55+,56+,57-,58-,59-,60-,61-,62-,63-,64-,65-,66-,67-,68-,69-,70+,71+,72-,73-,74-,75+,76-,77+,78+,79+,80+,81+,83+/m1/s1. The number of amides is 6. The number of nitrogens with one attached hydrogen (secondary N) is 6. The second-order valence-corrected chi connectivity index (χ2v) is 37.5. The van der Waals surface area contributed by atoms with E-state index in [4.69, 9.17) is 104 Å². The van der Waals surface area contributed by atoms with E-state index in [-0.39, 0.29) is 6.41 Å². The molecule has 11 heterocycles. The van der Waals surface area contributed by atoms with Crippen LogP contribution in [0.5, 0.6) is 0 Å². The van der Waals surface area contributed by atoms with Gasteiger partial charge in [-0.3, -0.25) is 28.8 Å². The summed E-state index contributed by atoms with van der Waals surface area (Å²) in [5.74, 6) is -10.0. The zero-order valence-corrected chi connectivity index (χ0v) is 80.5. The van der Waals surface area contributed by atoms with Crippen LogP contribution < -0.4 is 31.9 Å². The highest BCUT2D eigenvalue weighted by atomic mass is 16.8. The van der Waals surface area contributed by atoms with Crippen LogP contribution in [-0.4, -0.2) is 640 Å². The number of aliphatic hydroxyl groups excluding tert-OH is 31. The Morgan fingerprint density at radius 2 is 0.587 bits per heavy atom. The summed E-state index contributed by atoms with van der Waals surface area (Å²) in [7, 11) is 0. The van der Waals surface area contributed by atoms with E-state index in [9.17, 15) is 197 Å². The van der Waals surface area contributed by atoms with Gasteiger partial charge in [0.1, 0.15) is 262 Å². The lowest BCUT2D eigenvalue weighted by atomic mass is 9.88. The highest BCUT2D eigenvalue weighted by Crippen LogP contribution is 2.43. The molecule has 11 aliphatic rings. The molecule has 38 N–H and O–H groups in total. The van der Waals surface area contributed by atoms with E-state index >= 15 is 0 Å². The number of aliphatic carboxylic acids is 1. The van der Waals surface area contributed by atoms with Crippen LogP contribution in [0.1, 0.15) is 41.0 Å². The Morgan fingerprint density at radius 1 is 0.307 bits per heavy atom. The Labute approximate surface area is 848 Å². The predicted octanol–water partition coefficient (Wildman–Crippen LogP) is -25.9. The van der Waals surface area contributed by atoms with Crippen LogP contribution in [0.4, 0.5) is 0 Å². The molecular weight excluding hydrogens is 2060 g/mol. The van der Waals surface area contributed by atoms with Crippen LogP contribution in [-0.2, 0) is 138 Å². The zero-order chi connectivity index (χ0) is 111. The molecule has 150 heavy (non-hydrogen) atoms. The summed E-state index contributed by atoms with van der Waals surface area (Å²) in [5.41, 5.74) is 0. The zero-order valence-electron chi connectivity index (χ0n) is 80.5. The number of carbonyl (C=O) groups excluding carboxylic acids is 6. The molecule has 0 aromatic heterocycles. The summed E-state index contributed by atoms with van der Waals surface area (Å²) in [4.78, 5) is 87.9. The van der Waals surface area contributed by atoms with Crippen molar-refractivity contribution in [3.8, 4) is 0 Å². The van der Waals surface area contributed by atoms with Crippen molar-refractivity contribution in [3.63, 3.8) is 0 Å². The van der Waals surface area contributed by atoms with Crippen LogP contribution in [0.25, 0.3) is 0 Å². The SMILES string of the molecule is CC(=O)N[C@H]1[C@H](OC[C@H]2O[C@@H](O[C@H]3[C@H](O)[C@@H](NC(C)=O)[C@H](O[C@H]4[C@@H](O)[C@@H](CO)O[C@@H](O[C@H]5[C@H](O)[C@@H](O)[C@H](OC[C@@H](CO)NC=O)O[C@@H]5CO)[C@@H]4O)O[C@@H]3CO)[C@H](O)[C@@H](O)[C@H]2O)O[C@H](CO)[C@@H](O[C@@H]2O[C@H](CO[C@@H]3O[C@H](CO)[C@@H](O[C@@H]4O[C@H](CO[C@@H]5O[C@H](CO)[C@@H](O[C@@H]6O[C@H](CO)[C@H](O)[C@H](O[C@]7(C(=O)O)C[C@H](O)[C@@H](NC(C)=O)[C@H]([C@H](O)[C@H](O)CO)O7)[C@H]6O)[C@H](O)[C@H]5NC(C)=O)[C@H](O)[C@H](O)[C@H]4O)[C@H](O)[C@H]3NC(C)=O)[C@H](O)[C@H](O)[C@H]2O)[C@@H]1O. The number of carboxylic acids is 1. The summed E-state index contributed by atoms with van der Waals surface area (Å²) in [6.07, 6.45) is -106. The Morgan fingerprint density at radius 3 is 0.907 bits per heavy atom. The summed E-state index contributed by atoms with van der Waals surface area (Å²) >= 11 is 0. The number of hydrogen-bond acceptors (Lipinski definition) is 60. The molecule has 11 saturated heterocycles. The Bertz CT molecular complexity index is 4230. The molecule has 67 heteroatoms. The lowest BCUT2D eigenvalue weighted by Crippen LogP contribution is -2.71. The molecule has 0 aromatic carbocycles. The van der Waals surface area contributed by atoms with Gasteiger partial charge in [-0.1, -0.05) is 0 Å². The molecule has 67 nitrogen and oxygen atoms in total. The molecule has 0 spiro atoms. The van der Waals surface area contributed by atoms with Crippen LogP contribution >= 0.6 is 0 Å². The average molecular weight is 2200 g/mol. The summed E-state index contributed by atoms with van der Waals surface area (Å²) in [5, 5.41) is 370. The van der Waals surface area contributed by atoms with Crippen molar-refractivity contribution >= 4 is 41.9 Å². The molecule has 11 fully saturated rings. The van der Waals surface area contributed by atoms with E-state index in [1.165, 1.54) is 0 Å². The van der Waals surface area contributed by atoms with Gasteiger partial charge in [0.2, 0.25) is 35.9 Å². The second kappa shape index (κ2) is 55.1. The van der Waals surface area contributed by atoms with Crippen molar-refractivity contribution < 1.29 is 301 Å². The number of carbonyl (C=O) groups is 7. The molecule has 0 unspecified atom stereocenters. The third-order valence-electron chi connectivity index (χ3n) is 26.9. The van der Waals surface area contributed by atoms with Crippen molar-refractivity contribution in [2.24, 2.45) is 0 Å². The van der Waals surface area contributed by atoms with E-state index in [1.807, 2.05) is 0 Å². The molecule has 0 bridgehead atoms. The van der Waals surface area contributed by atoms with Crippen molar-refractivity contribution in [1.82, 2.24) is 31.9 Å². The van der Waals surface area contributed by atoms with Crippen LogP contribution in [0.2, 0.25) is 0 Å². The minimum atomic E-state index is -3.26. The minimum absolute atomic E-state index is 0.248. The van der Waals surface area contributed by atoms with Gasteiger partial charge in [0.05, 0.1) is 104 Å². The maximum absolute atomic E-state index is 13.2. The Balaban J connectivity index is 0.709. The van der Waals surface area contributed by atoms with E-state index in [2.05, 4.69) is 31.9 Å². The van der Waals surface area contributed by atoms with Gasteiger partial charge in [0.15, 0.2) is 62.9 Å². The maximum atomic E-state index is 13.2. The first-order chi connectivity index (χ1) is 70.9.